The maximum atomic E-state index is 15.1. The second-order valence-electron chi connectivity index (χ2n) is 10.0. The molecule has 38 heavy (non-hydrogen) atoms. The fourth-order valence-electron chi connectivity index (χ4n) is 3.92. The first-order valence-electron chi connectivity index (χ1n) is 11.7. The molecule has 3 aromatic rings. The molecule has 1 aliphatic heterocycles. The van der Waals surface area contributed by atoms with E-state index in [1.807, 2.05) is 32.9 Å². The molecule has 4 rings (SSSR count). The number of sulfone groups is 1. The number of hydrogen-bond donors (Lipinski definition) is 0. The van der Waals surface area contributed by atoms with Crippen molar-refractivity contribution in [2.75, 3.05) is 29.5 Å². The van der Waals surface area contributed by atoms with Crippen LogP contribution in [-0.4, -0.2) is 54.1 Å². The van der Waals surface area contributed by atoms with Gasteiger partial charge >= 0.3 is 18.1 Å². The molecule has 8 nitrogen and oxygen atoms in total. The van der Waals surface area contributed by atoms with E-state index in [0.29, 0.717) is 5.69 Å². The SMILES string of the molecule is CC(C)(C)c1ccc(N(Cc2ccc(-c3nnc(C(F)(F)F)o3)cc2F)C(=O)N2CCS(=O)(=O)CC2)cc1. The number of hydrogen-bond acceptors (Lipinski definition) is 6. The van der Waals surface area contributed by atoms with Gasteiger partial charge in [0.2, 0.25) is 5.89 Å². The molecule has 0 spiro atoms. The molecular formula is C25H26F4N4O4S. The smallest absolute Gasteiger partial charge is 0.413 e. The van der Waals surface area contributed by atoms with Crippen LogP contribution in [0.4, 0.5) is 28.0 Å². The first kappa shape index (κ1) is 27.6. The molecule has 0 atom stereocenters. The molecule has 0 saturated carbocycles. The van der Waals surface area contributed by atoms with E-state index in [-0.39, 0.29) is 47.7 Å². The number of halogens is 4. The molecule has 1 fully saturated rings. The van der Waals surface area contributed by atoms with Gasteiger partial charge in [-0.15, -0.1) is 10.2 Å². The van der Waals surface area contributed by atoms with Gasteiger partial charge in [-0.3, -0.25) is 4.90 Å². The van der Waals surface area contributed by atoms with Crippen molar-refractivity contribution in [3.63, 3.8) is 0 Å². The van der Waals surface area contributed by atoms with E-state index in [9.17, 15) is 26.4 Å². The highest BCUT2D eigenvalue weighted by Crippen LogP contribution is 2.31. The van der Waals surface area contributed by atoms with Crippen LogP contribution in [0.2, 0.25) is 0 Å². The molecule has 0 aliphatic carbocycles. The van der Waals surface area contributed by atoms with E-state index < -0.39 is 39.6 Å². The molecule has 1 saturated heterocycles. The molecular weight excluding hydrogens is 528 g/mol. The Kier molecular flexibility index (Phi) is 7.26. The molecule has 2 heterocycles. The number of urea groups is 1. The third kappa shape index (κ3) is 6.14. The molecule has 1 aromatic heterocycles. The van der Waals surface area contributed by atoms with E-state index in [0.717, 1.165) is 11.6 Å². The largest absolute Gasteiger partial charge is 0.470 e. The van der Waals surface area contributed by atoms with Crippen LogP contribution in [0, 0.1) is 5.82 Å². The lowest BCUT2D eigenvalue weighted by molar-refractivity contribution is -0.156. The lowest BCUT2D eigenvalue weighted by atomic mass is 9.87. The highest BCUT2D eigenvalue weighted by Gasteiger charge is 2.38. The Balaban J connectivity index is 1.63. The third-order valence-electron chi connectivity index (χ3n) is 6.19. The highest BCUT2D eigenvalue weighted by atomic mass is 32.2. The minimum Gasteiger partial charge on any atom is -0.413 e. The third-order valence-corrected chi connectivity index (χ3v) is 7.80. The summed E-state index contributed by atoms with van der Waals surface area (Å²) in [5.74, 6) is -3.16. The average molecular weight is 555 g/mol. The van der Waals surface area contributed by atoms with Gasteiger partial charge in [-0.05, 0) is 35.2 Å². The standard InChI is InChI=1S/C25H26F4N4O4S/c1-24(2,3)18-6-8-19(9-7-18)33(23(34)32-10-12-38(35,36)13-11-32)15-17-5-4-16(14-20(17)26)21-30-31-22(37-21)25(27,28)29/h4-9,14H,10-13,15H2,1-3H3. The van der Waals surface area contributed by atoms with Crippen molar-refractivity contribution in [2.45, 2.75) is 38.9 Å². The summed E-state index contributed by atoms with van der Waals surface area (Å²) in [5.41, 5.74) is 1.39. The second kappa shape index (κ2) is 10.0. The number of nitrogens with zero attached hydrogens (tertiary/aromatic N) is 4. The lowest BCUT2D eigenvalue weighted by Gasteiger charge is -2.33. The van der Waals surface area contributed by atoms with Crippen molar-refractivity contribution in [3.05, 3.63) is 65.3 Å². The summed E-state index contributed by atoms with van der Waals surface area (Å²) >= 11 is 0. The molecule has 0 unspecified atom stereocenters. The average Bonchev–Trinajstić information content (AvgIpc) is 3.34. The van der Waals surface area contributed by atoms with Crippen LogP contribution in [0.15, 0.2) is 46.9 Å². The van der Waals surface area contributed by atoms with Crippen molar-refractivity contribution in [1.82, 2.24) is 15.1 Å². The van der Waals surface area contributed by atoms with E-state index in [1.165, 1.54) is 21.9 Å². The van der Waals surface area contributed by atoms with Crippen LogP contribution >= 0.6 is 0 Å². The second-order valence-corrected chi connectivity index (χ2v) is 12.3. The van der Waals surface area contributed by atoms with E-state index in [4.69, 9.17) is 0 Å². The maximum absolute atomic E-state index is 15.1. The molecule has 2 aromatic carbocycles. The van der Waals surface area contributed by atoms with Gasteiger partial charge in [0.25, 0.3) is 0 Å². The number of rotatable bonds is 4. The molecule has 1 aliphatic rings. The minimum absolute atomic E-state index is 0.0118. The predicted octanol–water partition coefficient (Wildman–Crippen LogP) is 5.05. The fraction of sp³-hybridized carbons (Fsp3) is 0.400. The molecule has 0 N–H and O–H groups in total. The monoisotopic (exact) mass is 554 g/mol. The highest BCUT2D eigenvalue weighted by molar-refractivity contribution is 7.91. The normalized spacial score (nSPS) is 15.9. The molecule has 2 amide bonds. The van der Waals surface area contributed by atoms with Gasteiger partial charge in [-0.2, -0.15) is 13.2 Å². The number of carbonyl (C=O) groups excluding carboxylic acids is 1. The molecule has 13 heteroatoms. The Labute approximate surface area is 217 Å². The van der Waals surface area contributed by atoms with Crippen molar-refractivity contribution in [3.8, 4) is 11.5 Å². The van der Waals surface area contributed by atoms with Crippen LogP contribution in [0.25, 0.3) is 11.5 Å². The number of alkyl halides is 3. The Morgan fingerprint density at radius 3 is 2.18 bits per heavy atom. The molecule has 0 bridgehead atoms. The first-order chi connectivity index (χ1) is 17.6. The van der Waals surface area contributed by atoms with Gasteiger partial charge < -0.3 is 9.32 Å². The van der Waals surface area contributed by atoms with E-state index in [2.05, 4.69) is 14.6 Å². The minimum atomic E-state index is -4.83. The summed E-state index contributed by atoms with van der Waals surface area (Å²) in [6.45, 7) is 5.93. The Morgan fingerprint density at radius 1 is 1.03 bits per heavy atom. The number of aromatic nitrogens is 2. The van der Waals surface area contributed by atoms with Crippen LogP contribution in [-0.2, 0) is 28.0 Å². The van der Waals surface area contributed by atoms with Crippen molar-refractivity contribution >= 4 is 21.6 Å². The lowest BCUT2D eigenvalue weighted by Crippen LogP contribution is -2.49. The van der Waals surface area contributed by atoms with Gasteiger partial charge in [-0.1, -0.05) is 39.0 Å². The topological polar surface area (TPSA) is 96.6 Å². The quantitative estimate of drug-likeness (QED) is 0.419. The first-order valence-corrected chi connectivity index (χ1v) is 13.5. The van der Waals surface area contributed by atoms with Gasteiger partial charge in [0.05, 0.1) is 18.1 Å². The summed E-state index contributed by atoms with van der Waals surface area (Å²) in [6.07, 6.45) is -4.83. The maximum Gasteiger partial charge on any atom is 0.470 e. The Hall–Kier alpha value is -3.48. The zero-order valence-electron chi connectivity index (χ0n) is 20.9. The number of benzene rings is 2. The van der Waals surface area contributed by atoms with Gasteiger partial charge in [0.1, 0.15) is 5.82 Å². The molecule has 204 valence electrons. The zero-order valence-corrected chi connectivity index (χ0v) is 21.7. The summed E-state index contributed by atoms with van der Waals surface area (Å²) in [5, 5.41) is 6.29. The Morgan fingerprint density at radius 2 is 1.66 bits per heavy atom. The van der Waals surface area contributed by atoms with E-state index in [1.54, 1.807) is 12.1 Å². The van der Waals surface area contributed by atoms with Crippen LogP contribution in [0.3, 0.4) is 0 Å². The summed E-state index contributed by atoms with van der Waals surface area (Å²) in [7, 11) is -3.23. The van der Waals surface area contributed by atoms with Crippen LogP contribution < -0.4 is 4.90 Å². The predicted molar refractivity (Wildman–Crippen MR) is 132 cm³/mol. The van der Waals surface area contributed by atoms with Crippen LogP contribution in [0.5, 0.6) is 0 Å². The zero-order chi connectivity index (χ0) is 27.9. The van der Waals surface area contributed by atoms with Gasteiger partial charge in [0.15, 0.2) is 9.84 Å². The molecule has 0 radical (unpaired) electrons. The summed E-state index contributed by atoms with van der Waals surface area (Å²) in [4.78, 5) is 16.2. The number of carbonyl (C=O) groups is 1. The fourth-order valence-corrected chi connectivity index (χ4v) is 5.12. The number of amides is 2. The Bertz CT molecular complexity index is 1420. The summed E-state index contributed by atoms with van der Waals surface area (Å²) in [6, 6.07) is 10.3. The van der Waals surface area contributed by atoms with Gasteiger partial charge in [-0.25, -0.2) is 17.6 Å². The number of anilines is 1. The van der Waals surface area contributed by atoms with Gasteiger partial charge in [0, 0.05) is 29.9 Å². The van der Waals surface area contributed by atoms with Crippen LogP contribution in [0.1, 0.15) is 37.8 Å². The van der Waals surface area contributed by atoms with E-state index >= 15 is 4.39 Å². The van der Waals surface area contributed by atoms with Crippen molar-refractivity contribution in [1.29, 1.82) is 0 Å². The summed E-state index contributed by atoms with van der Waals surface area (Å²) < 4.78 is 81.8. The van der Waals surface area contributed by atoms with Crippen molar-refractivity contribution in [2.24, 2.45) is 0 Å². The van der Waals surface area contributed by atoms with Crippen molar-refractivity contribution < 1.29 is 35.2 Å².